The molecular weight excluding hydrogens is 506 g/mol. The molecule has 0 atom stereocenters. The summed E-state index contributed by atoms with van der Waals surface area (Å²) in [5.74, 6) is 0.485. The Morgan fingerprint density at radius 1 is 1.14 bits per heavy atom. The minimum absolute atomic E-state index is 0.0186. The number of rotatable bonds is 7. The number of ether oxygens (including phenoxy) is 1. The number of amides is 1. The summed E-state index contributed by atoms with van der Waals surface area (Å²) < 4.78 is 11.3. The van der Waals surface area contributed by atoms with E-state index in [1.807, 2.05) is 0 Å². The number of benzene rings is 2. The van der Waals surface area contributed by atoms with Crippen LogP contribution in [0, 0.1) is 10.1 Å². The number of nitro groups is 1. The third-order valence-electron chi connectivity index (χ3n) is 5.10. The highest BCUT2D eigenvalue weighted by Gasteiger charge is 2.27. The van der Waals surface area contributed by atoms with Crippen LogP contribution in [0.3, 0.4) is 0 Å². The van der Waals surface area contributed by atoms with E-state index in [4.69, 9.17) is 9.15 Å². The maximum atomic E-state index is 13.0. The first-order chi connectivity index (χ1) is 17.4. The molecule has 3 heterocycles. The number of nitrogens with one attached hydrogen (secondary N) is 1. The number of nitro benzene ring substituents is 1. The number of hydrogen-bond donors (Lipinski definition) is 1. The number of nitrogens with zero attached hydrogens (tertiary/aromatic N) is 4. The Morgan fingerprint density at radius 3 is 2.53 bits per heavy atom. The standard InChI is InChI=1S/C23H15N5O6S2/c1-33-15-8-4-13(5-9-15)17-18(21-25-16(29)11-35-21)22(30)34-20-19(17)36-23(26-20)27-24-10-12-2-6-14(7-3-12)28(31)32/h2-10H,11H2,1H3,(H,26,27)/b24-10+. The number of fused-ring (bicyclic) bond motifs is 1. The van der Waals surface area contributed by atoms with E-state index < -0.39 is 10.5 Å². The molecule has 0 bridgehead atoms. The predicted molar refractivity (Wildman–Crippen MR) is 138 cm³/mol. The molecule has 0 saturated carbocycles. The van der Waals surface area contributed by atoms with Crippen molar-refractivity contribution in [2.45, 2.75) is 0 Å². The number of methoxy groups -OCH3 is 1. The Morgan fingerprint density at radius 2 is 1.89 bits per heavy atom. The Labute approximate surface area is 210 Å². The molecule has 180 valence electrons. The first-order valence-electron chi connectivity index (χ1n) is 10.3. The van der Waals surface area contributed by atoms with Crippen molar-refractivity contribution in [2.75, 3.05) is 18.3 Å². The van der Waals surface area contributed by atoms with Crippen LogP contribution in [0.2, 0.25) is 0 Å². The normalized spacial score (nSPS) is 13.4. The quantitative estimate of drug-likeness (QED) is 0.213. The second-order valence-corrected chi connectivity index (χ2v) is 9.30. The Hall–Kier alpha value is -4.36. The summed E-state index contributed by atoms with van der Waals surface area (Å²) in [5.41, 5.74) is 4.35. The van der Waals surface area contributed by atoms with Crippen LogP contribution in [-0.2, 0) is 4.79 Å². The van der Waals surface area contributed by atoms with Gasteiger partial charge < -0.3 is 9.15 Å². The second-order valence-electron chi connectivity index (χ2n) is 7.34. The number of anilines is 1. The number of carbonyl (C=O) groups excluding carboxylic acids is 1. The smallest absolute Gasteiger partial charge is 0.348 e. The van der Waals surface area contributed by atoms with E-state index in [2.05, 4.69) is 20.5 Å². The van der Waals surface area contributed by atoms with Gasteiger partial charge in [0, 0.05) is 17.7 Å². The number of non-ortho nitro benzene ring substituents is 1. The maximum absolute atomic E-state index is 13.0. The summed E-state index contributed by atoms with van der Waals surface area (Å²) in [4.78, 5) is 43.5. The van der Waals surface area contributed by atoms with Crippen molar-refractivity contribution in [1.82, 2.24) is 4.98 Å². The molecule has 13 heteroatoms. The molecule has 2 aromatic carbocycles. The number of aromatic nitrogens is 1. The molecule has 5 rings (SSSR count). The van der Waals surface area contributed by atoms with Gasteiger partial charge in [-0.3, -0.25) is 20.3 Å². The summed E-state index contributed by atoms with van der Waals surface area (Å²) in [7, 11) is 1.56. The first-order valence-corrected chi connectivity index (χ1v) is 12.1. The predicted octanol–water partition coefficient (Wildman–Crippen LogP) is 4.30. The lowest BCUT2D eigenvalue weighted by Gasteiger charge is -2.09. The number of thiazole rings is 1. The van der Waals surface area contributed by atoms with Crippen LogP contribution in [0.4, 0.5) is 10.8 Å². The highest BCUT2D eigenvalue weighted by molar-refractivity contribution is 8.15. The largest absolute Gasteiger partial charge is 0.497 e. The highest BCUT2D eigenvalue weighted by atomic mass is 32.2. The zero-order chi connectivity index (χ0) is 25.2. The molecule has 2 aromatic heterocycles. The summed E-state index contributed by atoms with van der Waals surface area (Å²) in [6.07, 6.45) is 1.48. The Bertz CT molecular complexity index is 1610. The average Bonchev–Trinajstić information content (AvgIpc) is 3.49. The molecule has 1 amide bonds. The van der Waals surface area contributed by atoms with Crippen molar-refractivity contribution in [3.05, 3.63) is 80.2 Å². The Kier molecular flexibility index (Phi) is 6.31. The van der Waals surface area contributed by atoms with Crippen molar-refractivity contribution in [2.24, 2.45) is 10.1 Å². The van der Waals surface area contributed by atoms with Crippen LogP contribution in [0.1, 0.15) is 11.1 Å². The minimum Gasteiger partial charge on any atom is -0.497 e. The number of hydrazone groups is 1. The molecule has 0 saturated heterocycles. The van der Waals surface area contributed by atoms with Gasteiger partial charge in [-0.25, -0.2) is 9.79 Å². The molecule has 0 spiro atoms. The number of carbonyl (C=O) groups is 1. The fraction of sp³-hybridized carbons (Fsp3) is 0.0870. The molecule has 1 aliphatic heterocycles. The van der Waals surface area contributed by atoms with Gasteiger partial charge >= 0.3 is 5.63 Å². The van der Waals surface area contributed by atoms with Gasteiger partial charge in [0.1, 0.15) is 21.1 Å². The van der Waals surface area contributed by atoms with Gasteiger partial charge in [-0.15, -0.1) is 0 Å². The molecule has 0 aliphatic carbocycles. The maximum Gasteiger partial charge on any atom is 0.348 e. The van der Waals surface area contributed by atoms with Crippen molar-refractivity contribution >= 4 is 61.5 Å². The van der Waals surface area contributed by atoms with Crippen LogP contribution >= 0.6 is 23.1 Å². The molecule has 0 unspecified atom stereocenters. The van der Waals surface area contributed by atoms with Crippen LogP contribution in [0.15, 0.2) is 67.8 Å². The Balaban J connectivity index is 1.55. The van der Waals surface area contributed by atoms with E-state index >= 15 is 0 Å². The molecular formula is C23H15N5O6S2. The topological polar surface area (TPSA) is 149 Å². The van der Waals surface area contributed by atoms with E-state index in [0.717, 1.165) is 0 Å². The summed E-state index contributed by atoms with van der Waals surface area (Å²) in [6.45, 7) is 0. The van der Waals surface area contributed by atoms with Gasteiger partial charge in [-0.2, -0.15) is 10.1 Å². The van der Waals surface area contributed by atoms with Crippen LogP contribution in [0.5, 0.6) is 5.75 Å². The van der Waals surface area contributed by atoms with Gasteiger partial charge in [0.25, 0.3) is 11.6 Å². The fourth-order valence-corrected chi connectivity index (χ4v) is 5.18. The van der Waals surface area contributed by atoms with Crippen molar-refractivity contribution in [1.29, 1.82) is 0 Å². The molecule has 0 radical (unpaired) electrons. The van der Waals surface area contributed by atoms with Gasteiger partial charge in [-0.05, 0) is 35.4 Å². The zero-order valence-corrected chi connectivity index (χ0v) is 20.1. The summed E-state index contributed by atoms with van der Waals surface area (Å²) >= 11 is 2.40. The average molecular weight is 522 g/mol. The molecule has 36 heavy (non-hydrogen) atoms. The summed E-state index contributed by atoms with van der Waals surface area (Å²) in [6, 6.07) is 13.0. The van der Waals surface area contributed by atoms with E-state index in [-0.39, 0.29) is 28.6 Å². The second kappa shape index (κ2) is 9.71. The van der Waals surface area contributed by atoms with E-state index in [1.165, 1.54) is 41.4 Å². The SMILES string of the molecule is COc1ccc(-c2c(C3=NC(=O)CS3)c(=O)oc3nc(N/N=C/c4ccc([N+](=O)[O-])cc4)sc23)cc1. The summed E-state index contributed by atoms with van der Waals surface area (Å²) in [5, 5.41) is 15.6. The van der Waals surface area contributed by atoms with Gasteiger partial charge in [0.05, 0.1) is 24.0 Å². The van der Waals surface area contributed by atoms with Crippen LogP contribution in [0.25, 0.3) is 21.5 Å². The van der Waals surface area contributed by atoms with Gasteiger partial charge in [-0.1, -0.05) is 35.2 Å². The van der Waals surface area contributed by atoms with Crippen LogP contribution in [-0.4, -0.2) is 39.9 Å². The van der Waals surface area contributed by atoms with E-state index in [0.29, 0.717) is 37.3 Å². The lowest BCUT2D eigenvalue weighted by atomic mass is 10.0. The van der Waals surface area contributed by atoms with Gasteiger partial charge in [0.2, 0.25) is 10.8 Å². The lowest BCUT2D eigenvalue weighted by Crippen LogP contribution is -2.13. The number of thioether (sulfide) groups is 1. The van der Waals surface area contributed by atoms with E-state index in [1.54, 1.807) is 43.5 Å². The molecule has 4 aromatic rings. The monoisotopic (exact) mass is 521 g/mol. The number of hydrogen-bond acceptors (Lipinski definition) is 11. The molecule has 1 aliphatic rings. The molecule has 11 nitrogen and oxygen atoms in total. The van der Waals surface area contributed by atoms with Crippen molar-refractivity contribution in [3.8, 4) is 16.9 Å². The van der Waals surface area contributed by atoms with E-state index in [9.17, 15) is 19.7 Å². The lowest BCUT2D eigenvalue weighted by molar-refractivity contribution is -0.384. The fourth-order valence-electron chi connectivity index (χ4n) is 3.44. The minimum atomic E-state index is -0.652. The molecule has 1 N–H and O–H groups in total. The molecule has 0 fully saturated rings. The third kappa shape index (κ3) is 4.61. The van der Waals surface area contributed by atoms with Crippen molar-refractivity contribution in [3.63, 3.8) is 0 Å². The van der Waals surface area contributed by atoms with Crippen molar-refractivity contribution < 1.29 is 18.9 Å². The highest BCUT2D eigenvalue weighted by Crippen LogP contribution is 2.38. The number of aliphatic imine (C=N–C) groups is 1. The third-order valence-corrected chi connectivity index (χ3v) is 7.01. The van der Waals surface area contributed by atoms with Crippen LogP contribution < -0.4 is 15.8 Å². The first kappa shape index (κ1) is 23.4. The zero-order valence-electron chi connectivity index (χ0n) is 18.5. The van der Waals surface area contributed by atoms with Gasteiger partial charge in [0.15, 0.2) is 0 Å².